The Labute approximate surface area is 262 Å². The molecule has 4 aromatic carbocycles. The zero-order chi connectivity index (χ0) is 32.2. The highest BCUT2D eigenvalue weighted by atomic mass is 32.2. The van der Waals surface area contributed by atoms with Crippen LogP contribution in [0, 0.1) is 0 Å². The summed E-state index contributed by atoms with van der Waals surface area (Å²) in [6, 6.07) is 25.4. The van der Waals surface area contributed by atoms with E-state index in [0.717, 1.165) is 8.61 Å². The molecule has 5 rings (SSSR count). The minimum absolute atomic E-state index is 0.0172. The van der Waals surface area contributed by atoms with E-state index in [9.17, 15) is 30.0 Å². The predicted octanol–water partition coefficient (Wildman–Crippen LogP) is 3.20. The van der Waals surface area contributed by atoms with E-state index in [1.165, 1.54) is 55.6 Å². The molecule has 0 bridgehead atoms. The molecular formula is C30H30N4O8S3. The summed E-state index contributed by atoms with van der Waals surface area (Å²) in [5.74, 6) is -0.221. The van der Waals surface area contributed by atoms with Gasteiger partial charge in [-0.05, 0) is 72.8 Å². The average molecular weight is 671 g/mol. The number of anilines is 2. The van der Waals surface area contributed by atoms with E-state index in [2.05, 4.69) is 10.0 Å². The van der Waals surface area contributed by atoms with Gasteiger partial charge in [-0.1, -0.05) is 36.4 Å². The molecule has 0 radical (unpaired) electrons. The summed E-state index contributed by atoms with van der Waals surface area (Å²) in [7, 11) is -10.7. The van der Waals surface area contributed by atoms with Crippen molar-refractivity contribution in [3.63, 3.8) is 0 Å². The molecule has 0 unspecified atom stereocenters. The van der Waals surface area contributed by atoms with Crippen LogP contribution in [-0.4, -0.2) is 72.6 Å². The highest BCUT2D eigenvalue weighted by Crippen LogP contribution is 2.27. The van der Waals surface area contributed by atoms with Crippen molar-refractivity contribution in [3.8, 4) is 5.75 Å². The van der Waals surface area contributed by atoms with Crippen LogP contribution in [0.3, 0.4) is 0 Å². The second-order valence-electron chi connectivity index (χ2n) is 9.97. The quantitative estimate of drug-likeness (QED) is 0.260. The number of amides is 1. The zero-order valence-electron chi connectivity index (χ0n) is 24.0. The SMILES string of the molecule is COc1ccc(NS(=O)(=O)c2ccc(NC(=O)[C@H]3CN(S(=O)(=O)c4ccccc4)CCN3S(=O)(=O)c3ccccc3)cc2)cc1. The fourth-order valence-corrected chi connectivity index (χ4v) is 8.85. The summed E-state index contributed by atoms with van der Waals surface area (Å²) in [6.45, 7) is -0.871. The molecule has 1 heterocycles. The van der Waals surface area contributed by atoms with Crippen molar-refractivity contribution in [2.45, 2.75) is 20.7 Å². The molecule has 1 atom stereocenters. The van der Waals surface area contributed by atoms with Gasteiger partial charge in [0.2, 0.25) is 26.0 Å². The number of rotatable bonds is 10. The van der Waals surface area contributed by atoms with Gasteiger partial charge in [0.25, 0.3) is 10.0 Å². The Morgan fingerprint density at radius 2 is 1.20 bits per heavy atom. The summed E-state index contributed by atoms with van der Waals surface area (Å²) in [4.78, 5) is 13.6. The highest BCUT2D eigenvalue weighted by molar-refractivity contribution is 7.92. The van der Waals surface area contributed by atoms with E-state index in [1.54, 1.807) is 60.7 Å². The standard InChI is InChI=1S/C30H30N4O8S3/c1-42-25-16-12-24(13-17-25)32-43(36,37)26-18-14-23(15-19-26)31-30(35)29-22-33(44(38,39)27-8-4-2-5-9-27)20-21-34(29)45(40,41)28-10-6-3-7-11-28/h2-19,29,32H,20-22H2,1H3,(H,31,35)/t29-/m1/s1. The molecule has 236 valence electrons. The summed E-state index contributed by atoms with van der Waals surface area (Å²) in [5, 5.41) is 2.62. The van der Waals surface area contributed by atoms with Gasteiger partial charge in [-0.3, -0.25) is 9.52 Å². The number of carbonyl (C=O) groups is 1. The zero-order valence-corrected chi connectivity index (χ0v) is 26.4. The third kappa shape index (κ3) is 7.02. The molecule has 1 saturated heterocycles. The van der Waals surface area contributed by atoms with E-state index in [-0.39, 0.29) is 33.5 Å². The van der Waals surface area contributed by atoms with Crippen LogP contribution in [0.25, 0.3) is 0 Å². The van der Waals surface area contributed by atoms with Gasteiger partial charge in [-0.15, -0.1) is 0 Å². The first kappa shape index (κ1) is 32.1. The first-order valence-electron chi connectivity index (χ1n) is 13.6. The maximum atomic E-state index is 13.7. The number of sulfonamides is 3. The Bertz CT molecular complexity index is 1970. The fourth-order valence-electron chi connectivity index (χ4n) is 4.75. The molecule has 1 fully saturated rings. The van der Waals surface area contributed by atoms with Crippen LogP contribution in [0.4, 0.5) is 11.4 Å². The molecule has 0 saturated carbocycles. The number of benzene rings is 4. The van der Waals surface area contributed by atoms with Crippen molar-refractivity contribution < 1.29 is 34.8 Å². The van der Waals surface area contributed by atoms with Crippen LogP contribution in [0.5, 0.6) is 5.75 Å². The number of nitrogens with zero attached hydrogens (tertiary/aromatic N) is 2. The van der Waals surface area contributed by atoms with Crippen LogP contribution >= 0.6 is 0 Å². The third-order valence-electron chi connectivity index (χ3n) is 7.10. The first-order chi connectivity index (χ1) is 21.4. The van der Waals surface area contributed by atoms with Crippen LogP contribution in [-0.2, 0) is 34.9 Å². The molecule has 12 nitrogen and oxygen atoms in total. The lowest BCUT2D eigenvalue weighted by atomic mass is 10.2. The molecule has 1 aliphatic rings. The highest BCUT2D eigenvalue weighted by Gasteiger charge is 2.43. The minimum Gasteiger partial charge on any atom is -0.497 e. The Morgan fingerprint density at radius 1 is 0.667 bits per heavy atom. The van der Waals surface area contributed by atoms with E-state index >= 15 is 0 Å². The smallest absolute Gasteiger partial charge is 0.261 e. The van der Waals surface area contributed by atoms with Crippen LogP contribution in [0.1, 0.15) is 0 Å². The Hall–Kier alpha value is -4.28. The van der Waals surface area contributed by atoms with E-state index in [0.29, 0.717) is 11.4 Å². The Kier molecular flexibility index (Phi) is 9.27. The molecule has 0 aliphatic carbocycles. The van der Waals surface area contributed by atoms with E-state index in [1.807, 2.05) is 0 Å². The average Bonchev–Trinajstić information content (AvgIpc) is 3.05. The number of nitrogens with one attached hydrogen (secondary N) is 2. The fraction of sp³-hybridized carbons (Fsp3) is 0.167. The minimum atomic E-state index is -4.19. The van der Waals surface area contributed by atoms with Gasteiger partial charge < -0.3 is 10.1 Å². The largest absolute Gasteiger partial charge is 0.497 e. The van der Waals surface area contributed by atoms with E-state index < -0.39 is 48.6 Å². The molecule has 1 amide bonds. The number of carbonyl (C=O) groups excluding carboxylic acids is 1. The van der Waals surface area contributed by atoms with Crippen molar-refractivity contribution >= 4 is 47.4 Å². The number of piperazine rings is 1. The Morgan fingerprint density at radius 3 is 1.76 bits per heavy atom. The Balaban J connectivity index is 1.38. The van der Waals surface area contributed by atoms with Crippen molar-refractivity contribution in [2.24, 2.45) is 0 Å². The monoisotopic (exact) mass is 670 g/mol. The van der Waals surface area contributed by atoms with Gasteiger partial charge in [-0.25, -0.2) is 25.3 Å². The maximum absolute atomic E-state index is 13.7. The molecule has 0 aromatic heterocycles. The van der Waals surface area contributed by atoms with Gasteiger partial charge >= 0.3 is 0 Å². The topological polar surface area (TPSA) is 159 Å². The lowest BCUT2D eigenvalue weighted by Crippen LogP contribution is -2.60. The van der Waals surface area contributed by atoms with Crippen molar-refractivity contribution in [1.29, 1.82) is 0 Å². The maximum Gasteiger partial charge on any atom is 0.261 e. The summed E-state index contributed by atoms with van der Waals surface area (Å²) < 4.78 is 89.5. The molecule has 2 N–H and O–H groups in total. The predicted molar refractivity (Wildman–Crippen MR) is 168 cm³/mol. The van der Waals surface area contributed by atoms with Gasteiger partial charge in [0.05, 0.1) is 21.8 Å². The summed E-state index contributed by atoms with van der Waals surface area (Å²) >= 11 is 0. The van der Waals surface area contributed by atoms with Gasteiger partial charge in [0.1, 0.15) is 11.8 Å². The second-order valence-corrected chi connectivity index (χ2v) is 15.5. The number of ether oxygens (including phenoxy) is 1. The lowest BCUT2D eigenvalue weighted by Gasteiger charge is -2.38. The first-order valence-corrected chi connectivity index (χ1v) is 18.0. The molecule has 4 aromatic rings. The molecule has 1 aliphatic heterocycles. The van der Waals surface area contributed by atoms with Crippen molar-refractivity contribution in [2.75, 3.05) is 36.8 Å². The molecule has 45 heavy (non-hydrogen) atoms. The summed E-state index contributed by atoms with van der Waals surface area (Å²) in [5.41, 5.74) is 0.503. The van der Waals surface area contributed by atoms with Gasteiger partial charge in [0, 0.05) is 31.0 Å². The number of hydrogen-bond donors (Lipinski definition) is 2. The lowest BCUT2D eigenvalue weighted by molar-refractivity contribution is -0.120. The molecular weight excluding hydrogens is 641 g/mol. The van der Waals surface area contributed by atoms with Crippen LogP contribution in [0.15, 0.2) is 124 Å². The second kappa shape index (κ2) is 13.0. The number of hydrogen-bond acceptors (Lipinski definition) is 8. The normalized spacial score (nSPS) is 16.5. The number of methoxy groups -OCH3 is 1. The van der Waals surface area contributed by atoms with Crippen molar-refractivity contribution in [3.05, 3.63) is 109 Å². The van der Waals surface area contributed by atoms with Crippen LogP contribution in [0.2, 0.25) is 0 Å². The molecule has 15 heteroatoms. The summed E-state index contributed by atoms with van der Waals surface area (Å²) in [6.07, 6.45) is 0. The van der Waals surface area contributed by atoms with Crippen molar-refractivity contribution in [1.82, 2.24) is 8.61 Å². The van der Waals surface area contributed by atoms with Gasteiger partial charge in [-0.2, -0.15) is 8.61 Å². The van der Waals surface area contributed by atoms with E-state index in [4.69, 9.17) is 4.74 Å². The third-order valence-corrected chi connectivity index (χ3v) is 12.3. The molecule has 0 spiro atoms. The van der Waals surface area contributed by atoms with Crippen LogP contribution < -0.4 is 14.8 Å². The van der Waals surface area contributed by atoms with Gasteiger partial charge in [0.15, 0.2) is 0 Å².